The van der Waals surface area contributed by atoms with Crippen LogP contribution in [0, 0.1) is 23.7 Å². The highest BCUT2D eigenvalue weighted by Gasteiger charge is 2.60. The normalized spacial score (nSPS) is 33.7. The second-order valence-electron chi connectivity index (χ2n) is 22.3. The van der Waals surface area contributed by atoms with Gasteiger partial charge in [0.15, 0.2) is 23.4 Å². The number of ether oxygens (including phenoxy) is 8. The summed E-state index contributed by atoms with van der Waals surface area (Å²) in [5.41, 5.74) is -1.41. The molecular weight excluding hydrogens is 1040 g/mol. The number of carbonyl (C=O) groups excluding carboxylic acids is 4. The number of fused-ring (bicyclic) bond motifs is 1. The zero-order valence-corrected chi connectivity index (χ0v) is 48.3. The summed E-state index contributed by atoms with van der Waals surface area (Å²) in [6.45, 7) is 16.4. The van der Waals surface area contributed by atoms with Crippen LogP contribution >= 0.6 is 23.2 Å². The minimum atomic E-state index is -1.51. The van der Waals surface area contributed by atoms with Gasteiger partial charge in [-0.2, -0.15) is 0 Å². The van der Waals surface area contributed by atoms with Gasteiger partial charge >= 0.3 is 18.1 Å². The van der Waals surface area contributed by atoms with Crippen molar-refractivity contribution in [1.82, 2.24) is 19.7 Å². The molecular formula is C56H83Cl2N5O14. The Morgan fingerprint density at radius 3 is 2.26 bits per heavy atom. The summed E-state index contributed by atoms with van der Waals surface area (Å²) in [7, 11) is 4.73. The lowest BCUT2D eigenvalue weighted by atomic mass is 9.73. The van der Waals surface area contributed by atoms with Gasteiger partial charge in [0.25, 0.3) is 0 Å². The van der Waals surface area contributed by atoms with E-state index in [2.05, 4.69) is 9.88 Å². The topological polar surface area (TPSA) is 208 Å². The number of amides is 3. The number of cyclic esters (lactones) is 1. The highest BCUT2D eigenvalue weighted by atomic mass is 35.5. The van der Waals surface area contributed by atoms with Crippen molar-refractivity contribution in [2.24, 2.45) is 23.7 Å². The average Bonchev–Trinajstić information content (AvgIpc) is 4.07. The van der Waals surface area contributed by atoms with Gasteiger partial charge in [0, 0.05) is 94.3 Å². The molecule has 21 heteroatoms. The molecule has 4 saturated heterocycles. The van der Waals surface area contributed by atoms with E-state index in [9.17, 15) is 24.6 Å². The molecule has 14 atom stereocenters. The van der Waals surface area contributed by atoms with Gasteiger partial charge in [-0.3, -0.25) is 14.6 Å². The number of morpholine rings is 1. The molecule has 2 aromatic rings. The van der Waals surface area contributed by atoms with E-state index in [-0.39, 0.29) is 43.8 Å². The van der Waals surface area contributed by atoms with Gasteiger partial charge in [0.2, 0.25) is 0 Å². The maximum Gasteiger partial charge on any atom is 0.410 e. The molecule has 0 unspecified atom stereocenters. The number of rotatable bonds is 15. The molecule has 5 heterocycles. The summed E-state index contributed by atoms with van der Waals surface area (Å²) < 4.78 is 49.8. The van der Waals surface area contributed by atoms with Gasteiger partial charge in [-0.25, -0.2) is 9.59 Å². The van der Waals surface area contributed by atoms with Crippen molar-refractivity contribution in [2.75, 3.05) is 65.6 Å². The number of aromatic nitrogens is 1. The molecule has 1 aromatic heterocycles. The molecule has 0 bridgehead atoms. The summed E-state index contributed by atoms with van der Waals surface area (Å²) in [5, 5.41) is 25.0. The fourth-order valence-electron chi connectivity index (χ4n) is 12.5. The molecule has 5 aliphatic rings. The number of aliphatic hydroxyl groups excluding tert-OH is 2. The van der Waals surface area contributed by atoms with Gasteiger partial charge in [-0.15, -0.1) is 0 Å². The van der Waals surface area contributed by atoms with Crippen molar-refractivity contribution in [2.45, 2.75) is 180 Å². The fraction of sp³-hybridized carbons (Fsp3) is 0.732. The van der Waals surface area contributed by atoms with Crippen molar-refractivity contribution in [3.8, 4) is 11.5 Å². The second kappa shape index (κ2) is 25.9. The maximum absolute atomic E-state index is 15.2. The van der Waals surface area contributed by atoms with Gasteiger partial charge < -0.3 is 67.7 Å². The Hall–Kier alpha value is -4.21. The van der Waals surface area contributed by atoms with E-state index >= 15 is 4.79 Å². The minimum Gasteiger partial charge on any atom is -0.493 e. The largest absolute Gasteiger partial charge is 0.493 e. The van der Waals surface area contributed by atoms with Crippen LogP contribution in [0.4, 0.5) is 15.3 Å². The first-order valence-electron chi connectivity index (χ1n) is 27.5. The van der Waals surface area contributed by atoms with Crippen LogP contribution in [0.15, 0.2) is 30.6 Å². The van der Waals surface area contributed by atoms with Crippen LogP contribution in [0.5, 0.6) is 11.5 Å². The van der Waals surface area contributed by atoms with Crippen molar-refractivity contribution < 1.29 is 67.3 Å². The van der Waals surface area contributed by atoms with Gasteiger partial charge in [0.1, 0.15) is 18.0 Å². The van der Waals surface area contributed by atoms with Crippen LogP contribution < -0.4 is 14.4 Å². The third kappa shape index (κ3) is 13.2. The van der Waals surface area contributed by atoms with E-state index in [0.29, 0.717) is 72.8 Å². The summed E-state index contributed by atoms with van der Waals surface area (Å²) in [6, 6.07) is 3.85. The lowest BCUT2D eigenvalue weighted by Crippen LogP contribution is -2.62. The van der Waals surface area contributed by atoms with E-state index in [1.807, 2.05) is 32.0 Å². The number of ketones is 1. The van der Waals surface area contributed by atoms with Crippen molar-refractivity contribution >= 4 is 52.8 Å². The third-order valence-corrected chi connectivity index (χ3v) is 17.7. The van der Waals surface area contributed by atoms with Crippen LogP contribution in [0.3, 0.4) is 0 Å². The fourth-order valence-corrected chi connectivity index (χ4v) is 13.0. The zero-order chi connectivity index (χ0) is 56.1. The van der Waals surface area contributed by atoms with Crippen LogP contribution in [-0.4, -0.2) is 181 Å². The molecule has 3 amide bonds. The van der Waals surface area contributed by atoms with E-state index in [1.54, 1.807) is 77.9 Å². The molecule has 1 aromatic carbocycles. The zero-order valence-electron chi connectivity index (χ0n) is 46.8. The van der Waals surface area contributed by atoms with E-state index < -0.39 is 95.8 Å². The van der Waals surface area contributed by atoms with Crippen molar-refractivity contribution in [1.29, 1.82) is 0 Å². The molecule has 0 spiro atoms. The number of esters is 1. The predicted octanol–water partition coefficient (Wildman–Crippen LogP) is 7.93. The smallest absolute Gasteiger partial charge is 0.410 e. The highest BCUT2D eigenvalue weighted by Crippen LogP contribution is 2.44. The SMILES string of the molecule is CC[C@H]1OC(=O)[C@H](C)[C@@H](O)[C@H](C)[C@@H](O[C@@H]2O[C@H](C)C[C@H](N(C)C(=O)N3CCOCC3)[C@H]2O)[C@](C)(OC)C[C@@H](C)C(=O)[C@H](C)[C@@H]2N(CCCN(Cc3c(Cl)cncc3Cl)c3ccc(OC)c(OC4CCCC4)c3)C(=O)O[C@@]21C. The molecule has 77 heavy (non-hydrogen) atoms. The minimum absolute atomic E-state index is 0.0588. The number of methoxy groups -OCH3 is 2. The van der Waals surface area contributed by atoms with Crippen LogP contribution in [-0.2, 0) is 44.6 Å². The standard InChI is InChI=1S/C56H83Cl2N5O14/c1-12-45-56(8)49(63(54(69)77-56)21-15-20-62(31-39-40(57)29-59-30-41(39)58)37-18-19-43(70-10)44(27-37)74-38-16-13-14-17-38)34(4)46(64)32(2)28-55(7,71-11)50(35(5)47(65)36(6)51(67)75-45)76-52-48(66)42(26-33(3)73-52)60(9)53(68)61-22-24-72-25-23-61/h18-19,27,29-30,32-36,38,42,45,47-50,52,65-66H,12-17,20-26,28,31H2,1-11H3/t32-,33-,34+,35+,36-,42+,45-,47+,48-,49+,50-,52+,55-,56-/m1/s1. The first kappa shape index (κ1) is 60.4. The Kier molecular flexibility index (Phi) is 20.3. The Bertz CT molecular complexity index is 2340. The number of anilines is 1. The Labute approximate surface area is 464 Å². The number of urea groups is 1. The number of nitrogens with zero attached hydrogens (tertiary/aromatic N) is 5. The van der Waals surface area contributed by atoms with Crippen LogP contribution in [0.2, 0.25) is 10.0 Å². The summed E-state index contributed by atoms with van der Waals surface area (Å²) >= 11 is 13.4. The number of likely N-dealkylation sites (N-methyl/N-ethyl adjacent to an activating group) is 1. The molecule has 2 N–H and O–H groups in total. The van der Waals surface area contributed by atoms with Crippen LogP contribution in [0.25, 0.3) is 0 Å². The molecule has 430 valence electrons. The first-order chi connectivity index (χ1) is 36.6. The Balaban J connectivity index is 1.18. The highest BCUT2D eigenvalue weighted by molar-refractivity contribution is 6.35. The summed E-state index contributed by atoms with van der Waals surface area (Å²) in [6.07, 6.45) is 0.882. The number of aliphatic hydroxyl groups is 2. The first-order valence-corrected chi connectivity index (χ1v) is 28.3. The lowest BCUT2D eigenvalue weighted by Gasteiger charge is -2.48. The summed E-state index contributed by atoms with van der Waals surface area (Å²) in [4.78, 5) is 68.9. The number of pyridine rings is 1. The van der Waals surface area contributed by atoms with Crippen molar-refractivity contribution in [3.63, 3.8) is 0 Å². The Morgan fingerprint density at radius 1 is 0.948 bits per heavy atom. The van der Waals surface area contributed by atoms with E-state index in [0.717, 1.165) is 31.4 Å². The molecule has 0 radical (unpaired) electrons. The number of halogens is 2. The molecule has 1 saturated carbocycles. The van der Waals surface area contributed by atoms with Gasteiger partial charge in [-0.1, -0.05) is 50.9 Å². The molecule has 4 aliphatic heterocycles. The van der Waals surface area contributed by atoms with Crippen molar-refractivity contribution in [3.05, 3.63) is 46.2 Å². The number of hydrogen-bond donors (Lipinski definition) is 2. The number of carbonyl (C=O) groups is 4. The Morgan fingerprint density at radius 2 is 1.62 bits per heavy atom. The predicted molar refractivity (Wildman–Crippen MR) is 288 cm³/mol. The molecule has 19 nitrogen and oxygen atoms in total. The number of benzene rings is 1. The summed E-state index contributed by atoms with van der Waals surface area (Å²) in [5.74, 6) is -3.40. The number of hydrogen-bond acceptors (Lipinski definition) is 16. The quantitative estimate of drug-likeness (QED) is 0.162. The molecule has 7 rings (SSSR count). The van der Waals surface area contributed by atoms with Gasteiger partial charge in [0.05, 0.1) is 78.4 Å². The molecule has 5 fully saturated rings. The van der Waals surface area contributed by atoms with E-state index in [1.165, 1.54) is 12.0 Å². The molecule has 1 aliphatic carbocycles. The maximum atomic E-state index is 15.2. The second-order valence-corrected chi connectivity index (χ2v) is 23.2. The number of Topliss-reactive ketones (excluding diaryl/α,β-unsaturated/α-hetero) is 1. The third-order valence-electron chi connectivity index (χ3n) is 17.0. The van der Waals surface area contributed by atoms with E-state index in [4.69, 9.17) is 61.1 Å². The van der Waals surface area contributed by atoms with Gasteiger partial charge in [-0.05, 0) is 91.2 Å². The van der Waals surface area contributed by atoms with Crippen LogP contribution in [0.1, 0.15) is 112 Å². The monoisotopic (exact) mass is 1120 g/mol. The lowest BCUT2D eigenvalue weighted by molar-refractivity contribution is -0.300. The average molecular weight is 1120 g/mol.